The fourth-order valence-electron chi connectivity index (χ4n) is 3.96. The number of anilines is 3. The molecule has 2 N–H and O–H groups in total. The number of nitrogens with zero attached hydrogens (tertiary/aromatic N) is 2. The first-order valence-electron chi connectivity index (χ1n) is 10.8. The third kappa shape index (κ3) is 4.95. The van der Waals surface area contributed by atoms with Gasteiger partial charge in [-0.2, -0.15) is 0 Å². The van der Waals surface area contributed by atoms with Gasteiger partial charge in [0, 0.05) is 18.3 Å². The van der Waals surface area contributed by atoms with Crippen LogP contribution in [0, 0.1) is 10.1 Å². The quantitative estimate of drug-likeness (QED) is 0.406. The van der Waals surface area contributed by atoms with E-state index in [1.807, 2.05) is 60.7 Å². The number of para-hydroxylation sites is 1. The Balaban J connectivity index is 1.70. The highest BCUT2D eigenvalue weighted by Crippen LogP contribution is 2.34. The zero-order chi connectivity index (χ0) is 22.3. The first-order valence-corrected chi connectivity index (χ1v) is 10.8. The Bertz CT molecular complexity index is 1070. The molecule has 1 saturated heterocycles. The Morgan fingerprint density at radius 3 is 2.38 bits per heavy atom. The minimum atomic E-state index is -0.408. The fraction of sp³-hybridized carbons (Fsp3) is 0.240. The van der Waals surface area contributed by atoms with Crippen molar-refractivity contribution >= 4 is 28.7 Å². The number of benzene rings is 3. The Hall–Kier alpha value is -3.71. The number of nitro benzene ring substituents is 1. The molecule has 1 atom stereocenters. The van der Waals surface area contributed by atoms with Crippen molar-refractivity contribution in [3.05, 3.63) is 94.5 Å². The van der Waals surface area contributed by atoms with E-state index in [0.29, 0.717) is 17.9 Å². The lowest BCUT2D eigenvalue weighted by atomic mass is 10.0. The van der Waals surface area contributed by atoms with Crippen LogP contribution in [-0.2, 0) is 11.3 Å². The third-order valence-corrected chi connectivity index (χ3v) is 5.60. The van der Waals surface area contributed by atoms with Gasteiger partial charge in [0.25, 0.3) is 5.69 Å². The maximum Gasteiger partial charge on any atom is 0.292 e. The van der Waals surface area contributed by atoms with E-state index in [-0.39, 0.29) is 17.6 Å². The van der Waals surface area contributed by atoms with Crippen LogP contribution in [0.5, 0.6) is 0 Å². The molecular weight excluding hydrogens is 404 g/mol. The van der Waals surface area contributed by atoms with Crippen LogP contribution < -0.4 is 15.5 Å². The zero-order valence-electron chi connectivity index (χ0n) is 17.7. The molecule has 7 heteroatoms. The molecule has 4 rings (SSSR count). The molecule has 0 spiro atoms. The van der Waals surface area contributed by atoms with E-state index in [0.717, 1.165) is 37.1 Å². The summed E-state index contributed by atoms with van der Waals surface area (Å²) in [5.41, 5.74) is 2.68. The van der Waals surface area contributed by atoms with Crippen LogP contribution >= 0.6 is 0 Å². The molecule has 3 aromatic carbocycles. The van der Waals surface area contributed by atoms with Gasteiger partial charge in [0.1, 0.15) is 5.69 Å². The van der Waals surface area contributed by atoms with Gasteiger partial charge in [-0.05, 0) is 49.2 Å². The molecule has 1 fully saturated rings. The number of nitrogens with one attached hydrogen (secondary N) is 2. The SMILES string of the molecule is O=C(C1CCCCN1)N(c1ccccc1)c1ccc([N+](=O)[O-])c(NCc2ccccc2)c1. The lowest BCUT2D eigenvalue weighted by Gasteiger charge is -2.30. The largest absolute Gasteiger partial charge is 0.375 e. The summed E-state index contributed by atoms with van der Waals surface area (Å²) in [6.07, 6.45) is 2.82. The smallest absolute Gasteiger partial charge is 0.292 e. The van der Waals surface area contributed by atoms with Gasteiger partial charge in [-0.1, -0.05) is 55.0 Å². The predicted molar refractivity (Wildman–Crippen MR) is 126 cm³/mol. The third-order valence-electron chi connectivity index (χ3n) is 5.60. The molecule has 164 valence electrons. The Morgan fingerprint density at radius 2 is 1.72 bits per heavy atom. The predicted octanol–water partition coefficient (Wildman–Crippen LogP) is 5.01. The molecule has 32 heavy (non-hydrogen) atoms. The number of amides is 1. The summed E-state index contributed by atoms with van der Waals surface area (Å²) < 4.78 is 0. The summed E-state index contributed by atoms with van der Waals surface area (Å²) in [5.74, 6) is -0.0567. The monoisotopic (exact) mass is 430 g/mol. The fourth-order valence-corrected chi connectivity index (χ4v) is 3.96. The summed E-state index contributed by atoms with van der Waals surface area (Å²) in [7, 11) is 0. The Kier molecular flexibility index (Phi) is 6.77. The van der Waals surface area contributed by atoms with Crippen molar-refractivity contribution in [2.24, 2.45) is 0 Å². The second-order valence-corrected chi connectivity index (χ2v) is 7.81. The number of carbonyl (C=O) groups is 1. The maximum atomic E-state index is 13.5. The first-order chi connectivity index (χ1) is 15.6. The molecule has 1 aliphatic rings. The van der Waals surface area contributed by atoms with Crippen molar-refractivity contribution in [3.63, 3.8) is 0 Å². The highest BCUT2D eigenvalue weighted by atomic mass is 16.6. The minimum Gasteiger partial charge on any atom is -0.375 e. The normalized spacial score (nSPS) is 15.7. The molecule has 0 radical (unpaired) electrons. The molecular formula is C25H26N4O3. The van der Waals surface area contributed by atoms with E-state index in [9.17, 15) is 14.9 Å². The van der Waals surface area contributed by atoms with Gasteiger partial charge >= 0.3 is 0 Å². The van der Waals surface area contributed by atoms with Gasteiger partial charge in [0.2, 0.25) is 5.91 Å². The molecule has 0 saturated carbocycles. The summed E-state index contributed by atoms with van der Waals surface area (Å²) in [5, 5.41) is 18.1. The topological polar surface area (TPSA) is 87.5 Å². The average molecular weight is 431 g/mol. The number of piperidine rings is 1. The second kappa shape index (κ2) is 10.1. The lowest BCUT2D eigenvalue weighted by molar-refractivity contribution is -0.384. The number of hydrogen-bond donors (Lipinski definition) is 2. The van der Waals surface area contributed by atoms with E-state index >= 15 is 0 Å². The molecule has 1 heterocycles. The van der Waals surface area contributed by atoms with Crippen LogP contribution in [0.15, 0.2) is 78.9 Å². The summed E-state index contributed by atoms with van der Waals surface area (Å²) in [6.45, 7) is 1.25. The second-order valence-electron chi connectivity index (χ2n) is 7.81. The van der Waals surface area contributed by atoms with Crippen molar-refractivity contribution in [1.29, 1.82) is 0 Å². The summed E-state index contributed by atoms with van der Waals surface area (Å²) in [6, 6.07) is 23.6. The van der Waals surface area contributed by atoms with Gasteiger partial charge in [0.15, 0.2) is 0 Å². The van der Waals surface area contributed by atoms with E-state index < -0.39 is 4.92 Å². The van der Waals surface area contributed by atoms with Crippen LogP contribution in [0.4, 0.5) is 22.7 Å². The lowest BCUT2D eigenvalue weighted by Crippen LogP contribution is -2.47. The van der Waals surface area contributed by atoms with E-state index in [2.05, 4.69) is 10.6 Å². The van der Waals surface area contributed by atoms with Crippen LogP contribution in [-0.4, -0.2) is 23.4 Å². The van der Waals surface area contributed by atoms with E-state index in [1.165, 1.54) is 6.07 Å². The number of carbonyl (C=O) groups excluding carboxylic acids is 1. The highest BCUT2D eigenvalue weighted by molar-refractivity contribution is 6.04. The summed E-state index contributed by atoms with van der Waals surface area (Å²) >= 11 is 0. The van der Waals surface area contributed by atoms with Gasteiger partial charge < -0.3 is 10.6 Å². The van der Waals surface area contributed by atoms with Crippen molar-refractivity contribution in [2.45, 2.75) is 31.8 Å². The number of rotatable bonds is 7. The van der Waals surface area contributed by atoms with Gasteiger partial charge in [-0.3, -0.25) is 19.8 Å². The van der Waals surface area contributed by atoms with E-state index in [4.69, 9.17) is 0 Å². The highest BCUT2D eigenvalue weighted by Gasteiger charge is 2.29. The average Bonchev–Trinajstić information content (AvgIpc) is 2.84. The summed E-state index contributed by atoms with van der Waals surface area (Å²) in [4.78, 5) is 26.4. The van der Waals surface area contributed by atoms with Crippen LogP contribution in [0.1, 0.15) is 24.8 Å². The first kappa shape index (κ1) is 21.5. The van der Waals surface area contributed by atoms with Crippen LogP contribution in [0.25, 0.3) is 0 Å². The molecule has 7 nitrogen and oxygen atoms in total. The maximum absolute atomic E-state index is 13.5. The number of nitro groups is 1. The van der Waals surface area contributed by atoms with Gasteiger partial charge in [0.05, 0.1) is 16.7 Å². The Labute approximate surface area is 187 Å². The van der Waals surface area contributed by atoms with Gasteiger partial charge in [-0.15, -0.1) is 0 Å². The minimum absolute atomic E-state index is 0.0269. The number of hydrogen-bond acceptors (Lipinski definition) is 5. The van der Waals surface area contributed by atoms with Gasteiger partial charge in [-0.25, -0.2) is 0 Å². The van der Waals surface area contributed by atoms with Crippen LogP contribution in [0.2, 0.25) is 0 Å². The molecule has 1 amide bonds. The standard InChI is InChI=1S/C25H26N4O3/c30-25(22-13-7-8-16-26-22)28(20-11-5-2-6-12-20)21-14-15-24(29(31)32)23(17-21)27-18-19-9-3-1-4-10-19/h1-6,9-12,14-15,17,22,26-27H,7-8,13,16,18H2. The van der Waals surface area contributed by atoms with Crippen molar-refractivity contribution in [1.82, 2.24) is 5.32 Å². The molecule has 1 unspecified atom stereocenters. The molecule has 0 aliphatic carbocycles. The van der Waals surface area contributed by atoms with E-state index in [1.54, 1.807) is 17.0 Å². The zero-order valence-corrected chi connectivity index (χ0v) is 17.7. The van der Waals surface area contributed by atoms with Crippen molar-refractivity contribution in [2.75, 3.05) is 16.8 Å². The molecule has 0 aromatic heterocycles. The van der Waals surface area contributed by atoms with Crippen molar-refractivity contribution < 1.29 is 9.72 Å². The van der Waals surface area contributed by atoms with Crippen molar-refractivity contribution in [3.8, 4) is 0 Å². The molecule has 0 bridgehead atoms. The van der Waals surface area contributed by atoms with Crippen LogP contribution in [0.3, 0.4) is 0 Å². The Morgan fingerprint density at radius 1 is 1.00 bits per heavy atom. The molecule has 1 aliphatic heterocycles. The molecule has 3 aromatic rings.